The standard InChI is InChI=1S/C10H15F3N2O3S/c1-2-7-15(6(5-19-7)8(16)17)9(18)14-4-3-10(11,12)13/h6-7H,2-5H2,1H3,(H,14,18)(H,16,17). The molecule has 0 spiro atoms. The number of rotatable bonds is 4. The average Bonchev–Trinajstić information content (AvgIpc) is 2.70. The normalized spacial score (nSPS) is 23.5. The second-order valence-electron chi connectivity index (χ2n) is 4.05. The highest BCUT2D eigenvalue weighted by Crippen LogP contribution is 2.31. The van der Waals surface area contributed by atoms with Gasteiger partial charge in [-0.25, -0.2) is 9.59 Å². The molecule has 0 aromatic heterocycles. The summed E-state index contributed by atoms with van der Waals surface area (Å²) < 4.78 is 35.9. The molecule has 1 fully saturated rings. The van der Waals surface area contributed by atoms with E-state index in [9.17, 15) is 22.8 Å². The monoisotopic (exact) mass is 300 g/mol. The molecule has 0 aromatic carbocycles. The molecule has 2 atom stereocenters. The van der Waals surface area contributed by atoms with Gasteiger partial charge >= 0.3 is 18.2 Å². The third-order valence-corrected chi connectivity index (χ3v) is 4.10. The van der Waals surface area contributed by atoms with Gasteiger partial charge in [-0.1, -0.05) is 6.92 Å². The van der Waals surface area contributed by atoms with Crippen LogP contribution in [-0.2, 0) is 4.79 Å². The van der Waals surface area contributed by atoms with Crippen LogP contribution in [0.3, 0.4) is 0 Å². The number of aliphatic carboxylic acids is 1. The number of hydrogen-bond donors (Lipinski definition) is 2. The van der Waals surface area contributed by atoms with E-state index in [2.05, 4.69) is 5.32 Å². The number of nitrogens with zero attached hydrogens (tertiary/aromatic N) is 1. The number of halogens is 3. The second kappa shape index (κ2) is 6.36. The summed E-state index contributed by atoms with van der Waals surface area (Å²) >= 11 is 1.32. The van der Waals surface area contributed by atoms with E-state index in [1.807, 2.05) is 0 Å². The molecule has 2 N–H and O–H groups in total. The van der Waals surface area contributed by atoms with Crippen LogP contribution in [-0.4, -0.2) is 51.9 Å². The summed E-state index contributed by atoms with van der Waals surface area (Å²) in [5, 5.41) is 10.8. The molecule has 9 heteroatoms. The molecule has 0 bridgehead atoms. The zero-order chi connectivity index (χ0) is 14.6. The lowest BCUT2D eigenvalue weighted by atomic mass is 10.3. The summed E-state index contributed by atoms with van der Waals surface area (Å²) in [6.45, 7) is 1.24. The van der Waals surface area contributed by atoms with Crippen molar-refractivity contribution in [3.8, 4) is 0 Å². The molecular formula is C10H15F3N2O3S. The number of carbonyl (C=O) groups excluding carboxylic acids is 1. The molecule has 1 aliphatic heterocycles. The number of hydrogen-bond acceptors (Lipinski definition) is 3. The topological polar surface area (TPSA) is 69.6 Å². The third kappa shape index (κ3) is 4.48. The molecule has 0 aliphatic carbocycles. The van der Waals surface area contributed by atoms with Gasteiger partial charge in [0.15, 0.2) is 0 Å². The van der Waals surface area contributed by atoms with Crippen LogP contribution >= 0.6 is 11.8 Å². The lowest BCUT2D eigenvalue weighted by molar-refractivity contribution is -0.141. The van der Waals surface area contributed by atoms with Crippen molar-refractivity contribution in [3.05, 3.63) is 0 Å². The maximum absolute atomic E-state index is 12.0. The summed E-state index contributed by atoms with van der Waals surface area (Å²) in [6, 6.07) is -1.74. The van der Waals surface area contributed by atoms with Gasteiger partial charge in [-0.3, -0.25) is 4.90 Å². The highest BCUT2D eigenvalue weighted by molar-refractivity contribution is 8.00. The number of carboxylic acid groups (broad SMARTS) is 1. The lowest BCUT2D eigenvalue weighted by Gasteiger charge is -2.26. The molecule has 1 aliphatic rings. The van der Waals surface area contributed by atoms with Crippen LogP contribution in [0.25, 0.3) is 0 Å². The molecule has 1 heterocycles. The largest absolute Gasteiger partial charge is 0.480 e. The Morgan fingerprint density at radius 2 is 2.11 bits per heavy atom. The third-order valence-electron chi connectivity index (χ3n) is 2.65. The van der Waals surface area contributed by atoms with E-state index in [-0.39, 0.29) is 11.1 Å². The average molecular weight is 300 g/mol. The summed E-state index contributed by atoms with van der Waals surface area (Å²) in [5.74, 6) is -0.894. The second-order valence-corrected chi connectivity index (χ2v) is 5.27. The first-order chi connectivity index (χ1) is 8.76. The molecule has 19 heavy (non-hydrogen) atoms. The fraction of sp³-hybridized carbons (Fsp3) is 0.800. The number of alkyl halides is 3. The van der Waals surface area contributed by atoms with E-state index in [0.717, 1.165) is 4.90 Å². The number of urea groups is 1. The first-order valence-electron chi connectivity index (χ1n) is 5.73. The number of nitrogens with one attached hydrogen (secondary N) is 1. The van der Waals surface area contributed by atoms with Crippen LogP contribution in [0.2, 0.25) is 0 Å². The number of carbonyl (C=O) groups is 2. The van der Waals surface area contributed by atoms with Gasteiger partial charge in [0.25, 0.3) is 0 Å². The summed E-state index contributed by atoms with van der Waals surface area (Å²) in [4.78, 5) is 23.9. The Morgan fingerprint density at radius 3 is 2.58 bits per heavy atom. The minimum atomic E-state index is -4.34. The van der Waals surface area contributed by atoms with E-state index >= 15 is 0 Å². The molecule has 2 amide bonds. The van der Waals surface area contributed by atoms with Crippen molar-refractivity contribution < 1.29 is 27.9 Å². The van der Waals surface area contributed by atoms with Crippen molar-refractivity contribution in [2.45, 2.75) is 37.4 Å². The Bertz CT molecular complexity index is 351. The Balaban J connectivity index is 2.58. The molecule has 0 aromatic rings. The Morgan fingerprint density at radius 1 is 1.47 bits per heavy atom. The van der Waals surface area contributed by atoms with Crippen molar-refractivity contribution >= 4 is 23.8 Å². The molecule has 1 rings (SSSR count). The highest BCUT2D eigenvalue weighted by atomic mass is 32.2. The first-order valence-corrected chi connectivity index (χ1v) is 6.78. The molecular weight excluding hydrogens is 285 g/mol. The number of carboxylic acids is 1. The van der Waals surface area contributed by atoms with E-state index in [0.29, 0.717) is 6.42 Å². The number of thioether (sulfide) groups is 1. The SMILES string of the molecule is CCC1SCC(C(=O)O)N1C(=O)NCCC(F)(F)F. The predicted molar refractivity (Wildman–Crippen MR) is 63.9 cm³/mol. The minimum absolute atomic E-state index is 0.251. The van der Waals surface area contributed by atoms with Gasteiger partial charge in [0, 0.05) is 12.3 Å². The minimum Gasteiger partial charge on any atom is -0.480 e. The molecule has 110 valence electrons. The fourth-order valence-electron chi connectivity index (χ4n) is 1.74. The van der Waals surface area contributed by atoms with Crippen LogP contribution < -0.4 is 5.32 Å². The van der Waals surface area contributed by atoms with E-state index < -0.39 is 37.2 Å². The van der Waals surface area contributed by atoms with Crippen molar-refractivity contribution in [2.75, 3.05) is 12.3 Å². The van der Waals surface area contributed by atoms with Gasteiger partial charge < -0.3 is 10.4 Å². The van der Waals surface area contributed by atoms with Crippen molar-refractivity contribution in [2.24, 2.45) is 0 Å². The molecule has 5 nitrogen and oxygen atoms in total. The molecule has 0 saturated carbocycles. The Labute approximate surface area is 112 Å². The van der Waals surface area contributed by atoms with Gasteiger partial charge in [0.05, 0.1) is 11.8 Å². The first kappa shape index (κ1) is 15.9. The fourth-order valence-corrected chi connectivity index (χ4v) is 3.09. The van der Waals surface area contributed by atoms with Gasteiger partial charge in [-0.05, 0) is 6.42 Å². The van der Waals surface area contributed by atoms with E-state index in [1.54, 1.807) is 6.92 Å². The Kier molecular flexibility index (Phi) is 5.33. The Hall–Kier alpha value is -1.12. The van der Waals surface area contributed by atoms with Crippen molar-refractivity contribution in [1.29, 1.82) is 0 Å². The number of amides is 2. The van der Waals surface area contributed by atoms with Crippen LogP contribution in [0.15, 0.2) is 0 Å². The van der Waals surface area contributed by atoms with Crippen LogP contribution in [0.1, 0.15) is 19.8 Å². The lowest BCUT2D eigenvalue weighted by Crippen LogP contribution is -2.50. The zero-order valence-corrected chi connectivity index (χ0v) is 11.1. The van der Waals surface area contributed by atoms with Crippen LogP contribution in [0, 0.1) is 0 Å². The summed E-state index contributed by atoms with van der Waals surface area (Å²) in [6.07, 6.45) is -4.93. The highest BCUT2D eigenvalue weighted by Gasteiger charge is 2.41. The molecule has 2 unspecified atom stereocenters. The maximum Gasteiger partial charge on any atom is 0.390 e. The quantitative estimate of drug-likeness (QED) is 0.832. The molecule has 0 radical (unpaired) electrons. The summed E-state index contributed by atoms with van der Waals surface area (Å²) in [7, 11) is 0. The van der Waals surface area contributed by atoms with E-state index in [1.165, 1.54) is 11.8 Å². The molecule has 1 saturated heterocycles. The van der Waals surface area contributed by atoms with Gasteiger partial charge in [0.1, 0.15) is 6.04 Å². The van der Waals surface area contributed by atoms with E-state index in [4.69, 9.17) is 5.11 Å². The van der Waals surface area contributed by atoms with Crippen molar-refractivity contribution in [3.63, 3.8) is 0 Å². The zero-order valence-electron chi connectivity index (χ0n) is 10.2. The van der Waals surface area contributed by atoms with Crippen LogP contribution in [0.4, 0.5) is 18.0 Å². The predicted octanol–water partition coefficient (Wildman–Crippen LogP) is 1.89. The van der Waals surface area contributed by atoms with Gasteiger partial charge in [0.2, 0.25) is 0 Å². The summed E-state index contributed by atoms with van der Waals surface area (Å²) in [5.41, 5.74) is 0. The maximum atomic E-state index is 12.0. The van der Waals surface area contributed by atoms with Gasteiger partial charge in [-0.2, -0.15) is 13.2 Å². The van der Waals surface area contributed by atoms with Gasteiger partial charge in [-0.15, -0.1) is 11.8 Å². The van der Waals surface area contributed by atoms with Crippen LogP contribution in [0.5, 0.6) is 0 Å². The smallest absolute Gasteiger partial charge is 0.390 e. The van der Waals surface area contributed by atoms with Crippen molar-refractivity contribution in [1.82, 2.24) is 10.2 Å².